The third kappa shape index (κ3) is 5.14. The number of hydrogen-bond donors (Lipinski definition) is 2. The molecule has 1 aliphatic rings. The van der Waals surface area contributed by atoms with Gasteiger partial charge in [0, 0.05) is 30.1 Å². The number of amides is 1. The van der Waals surface area contributed by atoms with Gasteiger partial charge in [-0.05, 0) is 55.0 Å². The van der Waals surface area contributed by atoms with Crippen molar-refractivity contribution in [1.82, 2.24) is 10.0 Å². The van der Waals surface area contributed by atoms with E-state index in [1.54, 1.807) is 11.3 Å². The van der Waals surface area contributed by atoms with E-state index in [1.165, 1.54) is 24.3 Å². The van der Waals surface area contributed by atoms with Gasteiger partial charge < -0.3 is 10.1 Å². The highest BCUT2D eigenvalue weighted by Gasteiger charge is 2.18. The Labute approximate surface area is 157 Å². The van der Waals surface area contributed by atoms with E-state index in [9.17, 15) is 13.2 Å². The summed E-state index contributed by atoms with van der Waals surface area (Å²) < 4.78 is 32.7. The van der Waals surface area contributed by atoms with Crippen LogP contribution in [0, 0.1) is 0 Å². The zero-order valence-electron chi connectivity index (χ0n) is 14.3. The SMILES string of the molecule is O=C(NC[C@@H]1CCCO1)c1ccc(S(=O)(=O)NCCc2cccs2)cc1. The molecule has 1 aromatic carbocycles. The highest BCUT2D eigenvalue weighted by Crippen LogP contribution is 2.13. The molecule has 1 atom stereocenters. The Morgan fingerprint density at radius 3 is 2.69 bits per heavy atom. The second kappa shape index (κ2) is 8.77. The summed E-state index contributed by atoms with van der Waals surface area (Å²) in [7, 11) is -3.58. The third-order valence-corrected chi connectivity index (χ3v) is 6.60. The molecular weight excluding hydrogens is 372 g/mol. The summed E-state index contributed by atoms with van der Waals surface area (Å²) >= 11 is 1.60. The van der Waals surface area contributed by atoms with Crippen molar-refractivity contribution in [2.45, 2.75) is 30.3 Å². The van der Waals surface area contributed by atoms with Crippen molar-refractivity contribution < 1.29 is 17.9 Å². The average Bonchev–Trinajstić information content (AvgIpc) is 3.33. The first-order valence-electron chi connectivity index (χ1n) is 8.56. The minimum Gasteiger partial charge on any atom is -0.376 e. The summed E-state index contributed by atoms with van der Waals surface area (Å²) in [5, 5.41) is 4.79. The molecule has 2 aromatic rings. The molecule has 8 heteroatoms. The molecule has 140 valence electrons. The summed E-state index contributed by atoms with van der Waals surface area (Å²) in [6.45, 7) is 1.56. The predicted octanol–water partition coefficient (Wildman–Crippen LogP) is 2.18. The maximum Gasteiger partial charge on any atom is 0.251 e. The molecule has 1 saturated heterocycles. The normalized spacial score (nSPS) is 17.3. The van der Waals surface area contributed by atoms with Crippen molar-refractivity contribution in [3.63, 3.8) is 0 Å². The number of nitrogens with one attached hydrogen (secondary N) is 2. The van der Waals surface area contributed by atoms with Gasteiger partial charge in [-0.3, -0.25) is 4.79 Å². The van der Waals surface area contributed by atoms with Crippen LogP contribution in [0.3, 0.4) is 0 Å². The quantitative estimate of drug-likeness (QED) is 0.719. The molecule has 1 aliphatic heterocycles. The lowest BCUT2D eigenvalue weighted by Crippen LogP contribution is -2.31. The zero-order chi connectivity index (χ0) is 18.4. The molecule has 2 heterocycles. The maximum absolute atomic E-state index is 12.3. The van der Waals surface area contributed by atoms with Gasteiger partial charge in [0.1, 0.15) is 0 Å². The Balaban J connectivity index is 1.52. The highest BCUT2D eigenvalue weighted by atomic mass is 32.2. The summed E-state index contributed by atoms with van der Waals surface area (Å²) in [4.78, 5) is 13.4. The van der Waals surface area contributed by atoms with Gasteiger partial charge in [0.05, 0.1) is 11.0 Å². The second-order valence-corrected chi connectivity index (χ2v) is 8.90. The number of ether oxygens (including phenoxy) is 1. The molecule has 2 N–H and O–H groups in total. The number of sulfonamides is 1. The van der Waals surface area contributed by atoms with Crippen LogP contribution in [0.15, 0.2) is 46.7 Å². The monoisotopic (exact) mass is 394 g/mol. The van der Waals surface area contributed by atoms with E-state index < -0.39 is 10.0 Å². The first-order valence-corrected chi connectivity index (χ1v) is 10.9. The van der Waals surface area contributed by atoms with Gasteiger partial charge in [-0.25, -0.2) is 13.1 Å². The Morgan fingerprint density at radius 2 is 2.04 bits per heavy atom. The van der Waals surface area contributed by atoms with Crippen LogP contribution in [0.1, 0.15) is 28.1 Å². The Hall–Kier alpha value is -1.74. The molecule has 1 aromatic heterocycles. The smallest absolute Gasteiger partial charge is 0.251 e. The molecule has 26 heavy (non-hydrogen) atoms. The van der Waals surface area contributed by atoms with E-state index in [0.717, 1.165) is 24.3 Å². The number of thiophene rings is 1. The lowest BCUT2D eigenvalue weighted by molar-refractivity contribution is 0.0857. The molecule has 0 bridgehead atoms. The number of hydrogen-bond acceptors (Lipinski definition) is 5. The van der Waals surface area contributed by atoms with Crippen molar-refractivity contribution in [3.8, 4) is 0 Å². The molecule has 0 spiro atoms. The predicted molar refractivity (Wildman–Crippen MR) is 101 cm³/mol. The number of rotatable bonds is 8. The van der Waals surface area contributed by atoms with Crippen molar-refractivity contribution >= 4 is 27.3 Å². The minimum atomic E-state index is -3.58. The van der Waals surface area contributed by atoms with Crippen LogP contribution >= 0.6 is 11.3 Å². The summed E-state index contributed by atoms with van der Waals surface area (Å²) in [5.74, 6) is -0.227. The van der Waals surface area contributed by atoms with E-state index in [2.05, 4.69) is 10.0 Å². The van der Waals surface area contributed by atoms with Gasteiger partial charge in [0.2, 0.25) is 10.0 Å². The van der Waals surface area contributed by atoms with Crippen molar-refractivity contribution in [3.05, 3.63) is 52.2 Å². The molecule has 1 fully saturated rings. The van der Waals surface area contributed by atoms with E-state index in [0.29, 0.717) is 25.1 Å². The van der Waals surface area contributed by atoms with Crippen LogP contribution < -0.4 is 10.0 Å². The summed E-state index contributed by atoms with van der Waals surface area (Å²) in [6, 6.07) is 9.88. The van der Waals surface area contributed by atoms with Crippen LogP contribution in [0.5, 0.6) is 0 Å². The number of carbonyl (C=O) groups excluding carboxylic acids is 1. The standard InChI is InChI=1S/C18H22N2O4S2/c21-18(19-13-15-3-1-11-24-15)14-5-7-17(8-6-14)26(22,23)20-10-9-16-4-2-12-25-16/h2,4-8,12,15,20H,1,3,9-11,13H2,(H,19,21)/t15-/m0/s1. The van der Waals surface area contributed by atoms with E-state index in [4.69, 9.17) is 4.74 Å². The molecule has 1 amide bonds. The lowest BCUT2D eigenvalue weighted by Gasteiger charge is -2.11. The average molecular weight is 395 g/mol. The minimum absolute atomic E-state index is 0.0751. The van der Waals surface area contributed by atoms with Crippen molar-refractivity contribution in [2.24, 2.45) is 0 Å². The van der Waals surface area contributed by atoms with E-state index in [-0.39, 0.29) is 16.9 Å². The van der Waals surface area contributed by atoms with Gasteiger partial charge in [-0.15, -0.1) is 11.3 Å². The molecule has 6 nitrogen and oxygen atoms in total. The first kappa shape index (κ1) is 19.0. The van der Waals surface area contributed by atoms with Crippen LogP contribution in [-0.2, 0) is 21.2 Å². The largest absolute Gasteiger partial charge is 0.376 e. The van der Waals surface area contributed by atoms with E-state index >= 15 is 0 Å². The number of benzene rings is 1. The number of carbonyl (C=O) groups is 1. The zero-order valence-corrected chi connectivity index (χ0v) is 15.9. The fourth-order valence-electron chi connectivity index (χ4n) is 2.75. The van der Waals surface area contributed by atoms with Gasteiger partial charge in [-0.1, -0.05) is 6.07 Å². The fraction of sp³-hybridized carbons (Fsp3) is 0.389. The Bertz CT molecular complexity index is 811. The molecule has 0 radical (unpaired) electrons. The first-order chi connectivity index (χ1) is 12.5. The van der Waals surface area contributed by atoms with E-state index in [1.807, 2.05) is 17.5 Å². The van der Waals surface area contributed by atoms with Crippen molar-refractivity contribution in [2.75, 3.05) is 19.7 Å². The third-order valence-electron chi connectivity index (χ3n) is 4.18. The molecule has 0 unspecified atom stereocenters. The molecule has 0 saturated carbocycles. The van der Waals surface area contributed by atoms with Crippen molar-refractivity contribution in [1.29, 1.82) is 0 Å². The van der Waals surface area contributed by atoms with Crippen LogP contribution in [0.4, 0.5) is 0 Å². The lowest BCUT2D eigenvalue weighted by atomic mass is 10.2. The molecular formula is C18H22N2O4S2. The summed E-state index contributed by atoms with van der Waals surface area (Å²) in [5.41, 5.74) is 0.431. The fourth-order valence-corrected chi connectivity index (χ4v) is 4.49. The topological polar surface area (TPSA) is 84.5 Å². The van der Waals surface area contributed by atoms with Gasteiger partial charge in [0.25, 0.3) is 5.91 Å². The van der Waals surface area contributed by atoms with Gasteiger partial charge >= 0.3 is 0 Å². The molecule has 3 rings (SSSR count). The second-order valence-electron chi connectivity index (χ2n) is 6.10. The summed E-state index contributed by atoms with van der Waals surface area (Å²) in [6.07, 6.45) is 2.70. The maximum atomic E-state index is 12.3. The highest BCUT2D eigenvalue weighted by molar-refractivity contribution is 7.89. The Morgan fingerprint density at radius 1 is 1.23 bits per heavy atom. The Kier molecular flexibility index (Phi) is 6.42. The van der Waals surface area contributed by atoms with Gasteiger partial charge in [-0.2, -0.15) is 0 Å². The van der Waals surface area contributed by atoms with Gasteiger partial charge in [0.15, 0.2) is 0 Å². The molecule has 0 aliphatic carbocycles. The van der Waals surface area contributed by atoms with Crippen LogP contribution in [-0.4, -0.2) is 40.1 Å². The van der Waals surface area contributed by atoms with Crippen LogP contribution in [0.2, 0.25) is 0 Å². The van der Waals surface area contributed by atoms with Crippen LogP contribution in [0.25, 0.3) is 0 Å².